The lowest BCUT2D eigenvalue weighted by molar-refractivity contribution is 0.0304. The summed E-state index contributed by atoms with van der Waals surface area (Å²) < 4.78 is 10.3. The van der Waals surface area contributed by atoms with Gasteiger partial charge in [-0.25, -0.2) is 4.79 Å². The molecule has 0 aromatic rings. The SMILES string of the molecule is COCC1=CCCN1C(=O)OC(C)(C)C. The van der Waals surface area contributed by atoms with Crippen molar-refractivity contribution in [3.8, 4) is 0 Å². The molecular formula is C11H19NO3. The highest BCUT2D eigenvalue weighted by Crippen LogP contribution is 2.19. The molecule has 1 aliphatic rings. The predicted molar refractivity (Wildman–Crippen MR) is 57.5 cm³/mol. The smallest absolute Gasteiger partial charge is 0.414 e. The first-order valence-corrected chi connectivity index (χ1v) is 5.12. The van der Waals surface area contributed by atoms with E-state index in [2.05, 4.69) is 0 Å². The molecule has 0 spiro atoms. The Bertz CT molecular complexity index is 265. The van der Waals surface area contributed by atoms with Crippen LogP contribution in [0.2, 0.25) is 0 Å². The topological polar surface area (TPSA) is 38.8 Å². The average molecular weight is 213 g/mol. The van der Waals surface area contributed by atoms with Crippen LogP contribution in [0.1, 0.15) is 27.2 Å². The largest absolute Gasteiger partial charge is 0.443 e. The standard InChI is InChI=1S/C11H19NO3/c1-11(2,3)15-10(13)12-7-5-6-9(12)8-14-4/h6H,5,7-8H2,1-4H3. The second kappa shape index (κ2) is 4.66. The van der Waals surface area contributed by atoms with Crippen LogP contribution in [0.3, 0.4) is 0 Å². The maximum Gasteiger partial charge on any atom is 0.414 e. The average Bonchev–Trinajstić information content (AvgIpc) is 2.49. The summed E-state index contributed by atoms with van der Waals surface area (Å²) in [4.78, 5) is 13.4. The Morgan fingerprint density at radius 2 is 2.20 bits per heavy atom. The summed E-state index contributed by atoms with van der Waals surface area (Å²) in [6.45, 7) is 6.73. The zero-order valence-electron chi connectivity index (χ0n) is 9.87. The third-order valence-corrected chi connectivity index (χ3v) is 1.99. The van der Waals surface area contributed by atoms with Gasteiger partial charge in [0.25, 0.3) is 0 Å². The molecule has 0 fully saturated rings. The molecule has 86 valence electrons. The van der Waals surface area contributed by atoms with Crippen molar-refractivity contribution in [2.24, 2.45) is 0 Å². The van der Waals surface area contributed by atoms with Crippen LogP contribution in [-0.2, 0) is 9.47 Å². The van der Waals surface area contributed by atoms with Crippen LogP contribution >= 0.6 is 0 Å². The zero-order chi connectivity index (χ0) is 11.5. The van der Waals surface area contributed by atoms with E-state index in [1.807, 2.05) is 26.8 Å². The van der Waals surface area contributed by atoms with Crippen molar-refractivity contribution in [1.29, 1.82) is 0 Å². The third kappa shape index (κ3) is 3.55. The minimum Gasteiger partial charge on any atom is -0.443 e. The normalized spacial score (nSPS) is 16.5. The Hall–Kier alpha value is -1.03. The van der Waals surface area contributed by atoms with Crippen LogP contribution in [0.4, 0.5) is 4.79 Å². The molecule has 0 unspecified atom stereocenters. The Labute approximate surface area is 90.8 Å². The second-order valence-electron chi connectivity index (χ2n) is 4.55. The molecule has 0 aromatic heterocycles. The highest BCUT2D eigenvalue weighted by atomic mass is 16.6. The monoisotopic (exact) mass is 213 g/mol. The van der Waals surface area contributed by atoms with E-state index in [4.69, 9.17) is 9.47 Å². The van der Waals surface area contributed by atoms with E-state index in [-0.39, 0.29) is 6.09 Å². The number of hydrogen-bond acceptors (Lipinski definition) is 3. The van der Waals surface area contributed by atoms with E-state index in [9.17, 15) is 4.79 Å². The number of ether oxygens (including phenoxy) is 2. The van der Waals surface area contributed by atoms with E-state index in [1.165, 1.54) is 0 Å². The highest BCUT2D eigenvalue weighted by Gasteiger charge is 2.26. The van der Waals surface area contributed by atoms with Gasteiger partial charge in [0, 0.05) is 19.4 Å². The van der Waals surface area contributed by atoms with Gasteiger partial charge in [0.2, 0.25) is 0 Å². The molecule has 0 aromatic carbocycles. The first kappa shape index (κ1) is 12.0. The van der Waals surface area contributed by atoms with Crippen LogP contribution in [0.5, 0.6) is 0 Å². The van der Waals surface area contributed by atoms with Gasteiger partial charge in [-0.1, -0.05) is 6.08 Å². The fraction of sp³-hybridized carbons (Fsp3) is 0.727. The molecule has 1 amide bonds. The molecule has 1 aliphatic heterocycles. The van der Waals surface area contributed by atoms with Gasteiger partial charge in [-0.05, 0) is 27.2 Å². The van der Waals surface area contributed by atoms with Crippen LogP contribution in [0.25, 0.3) is 0 Å². The van der Waals surface area contributed by atoms with Gasteiger partial charge < -0.3 is 9.47 Å². The predicted octanol–water partition coefficient (Wildman–Crippen LogP) is 2.16. The lowest BCUT2D eigenvalue weighted by atomic mass is 10.2. The molecule has 4 heteroatoms. The number of methoxy groups -OCH3 is 1. The van der Waals surface area contributed by atoms with Gasteiger partial charge in [0.1, 0.15) is 5.60 Å². The molecule has 0 saturated carbocycles. The summed E-state index contributed by atoms with van der Waals surface area (Å²) in [6.07, 6.45) is 2.59. The molecule has 0 atom stereocenters. The Balaban J connectivity index is 2.57. The van der Waals surface area contributed by atoms with Gasteiger partial charge >= 0.3 is 6.09 Å². The summed E-state index contributed by atoms with van der Waals surface area (Å²) in [7, 11) is 1.62. The van der Waals surface area contributed by atoms with Crippen LogP contribution in [-0.4, -0.2) is 36.9 Å². The quantitative estimate of drug-likeness (QED) is 0.705. The van der Waals surface area contributed by atoms with Gasteiger partial charge in [-0.2, -0.15) is 0 Å². The molecule has 0 aliphatic carbocycles. The Morgan fingerprint density at radius 3 is 2.73 bits per heavy atom. The van der Waals surface area contributed by atoms with Gasteiger partial charge in [0.05, 0.1) is 6.61 Å². The summed E-state index contributed by atoms with van der Waals surface area (Å²) in [6, 6.07) is 0. The molecule has 4 nitrogen and oxygen atoms in total. The van der Waals surface area contributed by atoms with Crippen molar-refractivity contribution in [2.45, 2.75) is 32.8 Å². The second-order valence-corrected chi connectivity index (χ2v) is 4.55. The van der Waals surface area contributed by atoms with Crippen LogP contribution in [0, 0.1) is 0 Å². The minimum absolute atomic E-state index is 0.289. The molecule has 0 N–H and O–H groups in total. The first-order chi connectivity index (χ1) is 6.94. The fourth-order valence-electron chi connectivity index (χ4n) is 1.42. The minimum atomic E-state index is -0.447. The first-order valence-electron chi connectivity index (χ1n) is 5.12. The fourth-order valence-corrected chi connectivity index (χ4v) is 1.42. The maximum atomic E-state index is 11.8. The van der Waals surface area contributed by atoms with E-state index in [0.29, 0.717) is 13.2 Å². The van der Waals surface area contributed by atoms with Crippen molar-refractivity contribution in [3.63, 3.8) is 0 Å². The van der Waals surface area contributed by atoms with Crippen LogP contribution < -0.4 is 0 Å². The van der Waals surface area contributed by atoms with Gasteiger partial charge in [0.15, 0.2) is 0 Å². The molecule has 0 bridgehead atoms. The summed E-state index contributed by atoms with van der Waals surface area (Å²) in [5, 5.41) is 0. The molecule has 1 heterocycles. The number of nitrogens with zero attached hydrogens (tertiary/aromatic N) is 1. The number of rotatable bonds is 2. The highest BCUT2D eigenvalue weighted by molar-refractivity contribution is 5.71. The van der Waals surface area contributed by atoms with Crippen molar-refractivity contribution >= 4 is 6.09 Å². The summed E-state index contributed by atoms with van der Waals surface area (Å²) in [5.74, 6) is 0. The van der Waals surface area contributed by atoms with Crippen LogP contribution in [0.15, 0.2) is 11.8 Å². The summed E-state index contributed by atoms with van der Waals surface area (Å²) >= 11 is 0. The van der Waals surface area contributed by atoms with Gasteiger partial charge in [-0.3, -0.25) is 4.90 Å². The molecular weight excluding hydrogens is 194 g/mol. The van der Waals surface area contributed by atoms with E-state index >= 15 is 0 Å². The number of carbonyl (C=O) groups excluding carboxylic acids is 1. The molecule has 1 rings (SSSR count). The van der Waals surface area contributed by atoms with Crippen molar-refractivity contribution < 1.29 is 14.3 Å². The van der Waals surface area contributed by atoms with E-state index < -0.39 is 5.60 Å². The molecule has 0 saturated heterocycles. The maximum absolute atomic E-state index is 11.8. The van der Waals surface area contributed by atoms with Crippen molar-refractivity contribution in [1.82, 2.24) is 4.90 Å². The van der Waals surface area contributed by atoms with Crippen molar-refractivity contribution in [2.75, 3.05) is 20.3 Å². The zero-order valence-corrected chi connectivity index (χ0v) is 9.87. The van der Waals surface area contributed by atoms with Crippen molar-refractivity contribution in [3.05, 3.63) is 11.8 Å². The Kier molecular flexibility index (Phi) is 3.74. The lowest BCUT2D eigenvalue weighted by Gasteiger charge is -2.25. The number of carbonyl (C=O) groups is 1. The number of hydrogen-bond donors (Lipinski definition) is 0. The molecule has 15 heavy (non-hydrogen) atoms. The lowest BCUT2D eigenvalue weighted by Crippen LogP contribution is -2.35. The Morgan fingerprint density at radius 1 is 1.53 bits per heavy atom. The number of amides is 1. The van der Waals surface area contributed by atoms with Gasteiger partial charge in [-0.15, -0.1) is 0 Å². The molecule has 0 radical (unpaired) electrons. The van der Waals surface area contributed by atoms with E-state index in [0.717, 1.165) is 12.1 Å². The summed E-state index contributed by atoms with van der Waals surface area (Å²) in [5.41, 5.74) is 0.449. The third-order valence-electron chi connectivity index (χ3n) is 1.99. The van der Waals surface area contributed by atoms with E-state index in [1.54, 1.807) is 12.0 Å².